The summed E-state index contributed by atoms with van der Waals surface area (Å²) in [4.78, 5) is 85.4. The fourth-order valence-corrected chi connectivity index (χ4v) is 21.4. The summed E-state index contributed by atoms with van der Waals surface area (Å²) in [6, 6.07) is 72.7. The Morgan fingerprint density at radius 1 is 0.314 bits per heavy atom. The molecule has 18 heteroatoms. The minimum atomic E-state index is -4.41. The number of methoxy groups -OCH3 is 1. The molecule has 0 atom stereocenters. The number of anilines is 6. The molecular weight excluding hydrogens is 1710 g/mol. The molecule has 12 aromatic carbocycles. The number of alkyl halides is 3. The smallest absolute Gasteiger partial charge is 0.416 e. The van der Waals surface area contributed by atoms with E-state index in [4.69, 9.17) is 4.74 Å². The van der Waals surface area contributed by atoms with Gasteiger partial charge >= 0.3 is 6.18 Å². The number of nitrogens with one attached hydrogen (secondary N) is 6. The standard InChI is InChI=1S/C21H21NO.C21H19NO.C20H19NO.C19H14F3NO.C19H16N2O2.C19H17NO2/c2*1-3-4-14-6-8-20-19(10-14)17-11-15-7-5-13(2)9-16(15)18(17)12-21(23)22-20;1-3-13-5-7-19-18(9-13)16-10-14-6-4-12(2)8-15(14)17(16)11-20(22)21-19;1-10-2-3-11-7-14-15(13(11)6-10)9-18(24)23-17-5-4-12(8-16(14)17)19(20,21)22;1-11-3-4-12-8-15-16(14(12)7-11)10-19(22)20-18-6-5-13(21(2)23)9-17(15)18;1-11-3-4-12-8-16-14-6-5-13(22-2)9-18(14)20-19(21)10-17(16)15(12)7-11/h5-10H,3-4,11-12H2,1-2H3,(H,22,23);3,5-10H,1,4,11-12H2,2H3,(H,22,23);4-9H,3,10-11H2,1-2H3,(H,21,22);2-6,8H,7,9H2,1H3,(H,23,24);3-7,9H,8,10H2,1-2H3;3-7,9H,8,10H2,1-2H3,(H,20,21)/p+1. The lowest BCUT2D eigenvalue weighted by Gasteiger charge is -2.13. The van der Waals surface area contributed by atoms with Crippen LogP contribution in [0.15, 0.2) is 231 Å². The molecule has 0 bridgehead atoms. The van der Waals surface area contributed by atoms with Crippen LogP contribution in [0.3, 0.4) is 0 Å². The van der Waals surface area contributed by atoms with Crippen LogP contribution in [0.5, 0.6) is 5.75 Å². The van der Waals surface area contributed by atoms with E-state index in [-0.39, 0.29) is 41.9 Å². The quantitative estimate of drug-likeness (QED) is 0.0668. The zero-order valence-corrected chi connectivity index (χ0v) is 78.7. The molecule has 15 nitrogen and oxygen atoms in total. The highest BCUT2D eigenvalue weighted by Crippen LogP contribution is 2.53. The molecule has 0 radical (unpaired) electrons. The Hall–Kier alpha value is -15.2. The lowest BCUT2D eigenvalue weighted by Crippen LogP contribution is -2.12. The number of fused-ring (bicyclic) bond motifs is 24. The third kappa shape index (κ3) is 18.4. The molecule has 6 amide bonds. The van der Waals surface area contributed by atoms with Crippen molar-refractivity contribution in [2.45, 2.75) is 164 Å². The molecule has 0 unspecified atom stereocenters. The van der Waals surface area contributed by atoms with Crippen molar-refractivity contribution in [3.05, 3.63) is 392 Å². The number of carbonyl (C=O) groups excluding carboxylic acids is 6. The van der Waals surface area contributed by atoms with Gasteiger partial charge in [0.15, 0.2) is 7.05 Å². The molecule has 24 rings (SSSR count). The number of nitroso groups, excluding NO2 is 1. The molecule has 6 heterocycles. The maximum Gasteiger partial charge on any atom is 0.416 e. The number of hydrogen-bond donors (Lipinski definition) is 6. The van der Waals surface area contributed by atoms with Gasteiger partial charge in [0.05, 0.1) is 56.9 Å². The molecule has 12 aromatic rings. The summed E-state index contributed by atoms with van der Waals surface area (Å²) in [5.74, 6) is 0.841. The first-order valence-electron chi connectivity index (χ1n) is 47.1. The predicted molar refractivity (Wildman–Crippen MR) is 546 cm³/mol. The van der Waals surface area contributed by atoms with Crippen LogP contribution in [0.4, 0.5) is 53.0 Å². The summed E-state index contributed by atoms with van der Waals surface area (Å²) in [5, 5.41) is 17.9. The van der Waals surface area contributed by atoms with E-state index in [2.05, 4.69) is 226 Å². The van der Waals surface area contributed by atoms with Gasteiger partial charge in [-0.1, -0.05) is 187 Å². The van der Waals surface area contributed by atoms with E-state index in [0.717, 1.165) is 159 Å². The zero-order valence-electron chi connectivity index (χ0n) is 78.7. The van der Waals surface area contributed by atoms with Gasteiger partial charge in [-0.2, -0.15) is 13.2 Å². The van der Waals surface area contributed by atoms with Gasteiger partial charge in [-0.15, -0.1) is 6.58 Å². The number of rotatable bonds is 7. The second-order valence-corrected chi connectivity index (χ2v) is 37.7. The Balaban J connectivity index is 0.000000105. The van der Waals surface area contributed by atoms with Crippen molar-refractivity contribution in [3.63, 3.8) is 0 Å². The Morgan fingerprint density at radius 2 is 0.599 bits per heavy atom. The van der Waals surface area contributed by atoms with Crippen molar-refractivity contribution in [2.75, 3.05) is 46.1 Å². The molecule has 0 aromatic heterocycles. The fourth-order valence-electron chi connectivity index (χ4n) is 21.4. The van der Waals surface area contributed by atoms with E-state index in [1.165, 1.54) is 175 Å². The van der Waals surface area contributed by atoms with Gasteiger partial charge in [0, 0.05) is 89.7 Å². The van der Waals surface area contributed by atoms with Gasteiger partial charge in [0.2, 0.25) is 35.4 Å². The molecule has 0 saturated heterocycles. The third-order valence-corrected chi connectivity index (χ3v) is 28.1. The van der Waals surface area contributed by atoms with E-state index < -0.39 is 11.7 Å². The Bertz CT molecular complexity index is 7470. The first-order chi connectivity index (χ1) is 66.0. The lowest BCUT2D eigenvalue weighted by molar-refractivity contribution is -0.428. The monoisotopic (exact) mass is 1820 g/mol. The van der Waals surface area contributed by atoms with Crippen LogP contribution in [0.25, 0.3) is 66.9 Å². The summed E-state index contributed by atoms with van der Waals surface area (Å²) < 4.78 is 45.4. The fraction of sp³-hybridized carbons (Fsp3) is 0.227. The zero-order chi connectivity index (χ0) is 95.7. The SMILES string of the molecule is C=CCc1ccc2c(c1)C1=C(CC(=O)N2)c2cc(C)ccc2C1.CCCc1ccc2c(c1)C1=C(CC(=O)N2)c2cc(C)ccc2C1.CCc1ccc2c(c1)C1=C(CC(=O)N2)c2cc(C)ccc2C1.COc1ccc2c(c1)NC(=O)CC1=C2Cc2ccc(C)cc21.Cc1ccc2c(c1)C1=C(C2)c2cc(C(F)(F)F)ccc2NC(=O)C1.Cc1ccc2c(c1)C1=C(C2)c2cc([N+](C)=O)ccc2NC(=O)C1. The first-order valence-corrected chi connectivity index (χ1v) is 47.1. The van der Waals surface area contributed by atoms with E-state index in [0.29, 0.717) is 55.5 Å². The van der Waals surface area contributed by atoms with Crippen LogP contribution in [-0.2, 0) is 92.7 Å². The van der Waals surface area contributed by atoms with Crippen LogP contribution in [0.1, 0.15) is 215 Å². The number of aryl methyl sites for hydroxylation is 8. The molecule has 12 aliphatic rings. The number of benzene rings is 12. The molecule has 6 aliphatic carbocycles. The van der Waals surface area contributed by atoms with Crippen LogP contribution >= 0.6 is 0 Å². The highest BCUT2D eigenvalue weighted by atomic mass is 19.4. The third-order valence-electron chi connectivity index (χ3n) is 28.1. The minimum absolute atomic E-state index is 0.00571. The summed E-state index contributed by atoms with van der Waals surface area (Å²) in [5.41, 5.74) is 50.8. The molecule has 686 valence electrons. The average Bonchev–Trinajstić information content (AvgIpc) is 1.63. The van der Waals surface area contributed by atoms with E-state index in [9.17, 15) is 46.8 Å². The van der Waals surface area contributed by atoms with Gasteiger partial charge in [0.1, 0.15) is 5.75 Å². The second kappa shape index (κ2) is 37.2. The first kappa shape index (κ1) is 91.0. The van der Waals surface area contributed by atoms with Crippen molar-refractivity contribution >= 4 is 142 Å². The van der Waals surface area contributed by atoms with Crippen molar-refractivity contribution in [3.8, 4) is 5.75 Å². The van der Waals surface area contributed by atoms with E-state index in [1.54, 1.807) is 13.2 Å². The maximum atomic E-state index is 13.1. The average molecular weight is 1820 g/mol. The predicted octanol–water partition coefficient (Wildman–Crippen LogP) is 26.1. The minimum Gasteiger partial charge on any atom is -0.497 e. The van der Waals surface area contributed by atoms with Gasteiger partial charge in [0.25, 0.3) is 5.69 Å². The summed E-state index contributed by atoms with van der Waals surface area (Å²) in [6.45, 7) is 20.6. The number of hydrogen-bond acceptors (Lipinski definition) is 8. The number of nitrogens with zero attached hydrogens (tertiary/aromatic N) is 1. The second-order valence-electron chi connectivity index (χ2n) is 37.7. The Kier molecular flexibility index (Phi) is 24.7. The van der Waals surface area contributed by atoms with Crippen molar-refractivity contribution in [1.82, 2.24) is 0 Å². The van der Waals surface area contributed by atoms with Crippen LogP contribution < -0.4 is 36.6 Å². The number of carbonyl (C=O) groups is 6. The summed E-state index contributed by atoms with van der Waals surface area (Å²) in [6.07, 6.45) is 8.99. The molecule has 6 N–H and O–H groups in total. The summed E-state index contributed by atoms with van der Waals surface area (Å²) in [7, 11) is 3.12. The van der Waals surface area contributed by atoms with Crippen LogP contribution in [-0.4, -0.2) is 54.4 Å². The van der Waals surface area contributed by atoms with Crippen molar-refractivity contribution < 1.29 is 51.4 Å². The molecule has 0 saturated carbocycles. The molecular formula is C119H107F3N7O8+. The van der Waals surface area contributed by atoms with E-state index in [1.807, 2.05) is 67.6 Å². The van der Waals surface area contributed by atoms with Gasteiger partial charge < -0.3 is 36.6 Å². The normalized spacial score (nSPS) is 15.7. The van der Waals surface area contributed by atoms with Gasteiger partial charge in [-0.25, -0.2) is 0 Å². The molecule has 137 heavy (non-hydrogen) atoms. The number of halogens is 3. The molecule has 0 fully saturated rings. The van der Waals surface area contributed by atoms with Crippen molar-refractivity contribution in [1.29, 1.82) is 0 Å². The number of ether oxygens (including phenoxy) is 1. The highest BCUT2D eigenvalue weighted by Gasteiger charge is 2.39. The van der Waals surface area contributed by atoms with Crippen molar-refractivity contribution in [2.24, 2.45) is 0 Å². The maximum absolute atomic E-state index is 13.1. The number of allylic oxidation sites excluding steroid dienone is 7. The Morgan fingerprint density at radius 3 is 0.920 bits per heavy atom. The van der Waals surface area contributed by atoms with Gasteiger partial charge in [-0.3, -0.25) is 28.8 Å². The van der Waals surface area contributed by atoms with Gasteiger partial charge in [-0.05, 0) is 322 Å². The lowest BCUT2D eigenvalue weighted by atomic mass is 9.95. The largest absolute Gasteiger partial charge is 0.497 e. The van der Waals surface area contributed by atoms with E-state index >= 15 is 0 Å². The molecule has 6 aliphatic heterocycles. The van der Waals surface area contributed by atoms with Crippen LogP contribution in [0, 0.1) is 46.4 Å². The summed E-state index contributed by atoms with van der Waals surface area (Å²) >= 11 is 0. The highest BCUT2D eigenvalue weighted by molar-refractivity contribution is 6.18. The van der Waals surface area contributed by atoms with Crippen LogP contribution in [0.2, 0.25) is 0 Å². The Labute approximate surface area is 796 Å². The molecule has 0 spiro atoms. The number of amides is 6. The topological polar surface area (TPSA) is 204 Å².